The van der Waals surface area contributed by atoms with Crippen LogP contribution >= 0.6 is 11.6 Å². The molecule has 0 spiro atoms. The Hall–Kier alpha value is -1.81. The highest BCUT2D eigenvalue weighted by molar-refractivity contribution is 6.30. The van der Waals surface area contributed by atoms with E-state index in [0.717, 1.165) is 0 Å². The van der Waals surface area contributed by atoms with E-state index in [4.69, 9.17) is 17.3 Å². The predicted molar refractivity (Wildman–Crippen MR) is 65.6 cm³/mol. The van der Waals surface area contributed by atoms with Crippen molar-refractivity contribution in [2.75, 3.05) is 5.73 Å². The first-order valence-corrected chi connectivity index (χ1v) is 5.33. The fourth-order valence-electron chi connectivity index (χ4n) is 1.50. The van der Waals surface area contributed by atoms with Crippen LogP contribution in [0.3, 0.4) is 0 Å². The van der Waals surface area contributed by atoms with E-state index in [1.807, 2.05) is 0 Å². The van der Waals surface area contributed by atoms with Crippen molar-refractivity contribution in [3.63, 3.8) is 0 Å². The van der Waals surface area contributed by atoms with Crippen molar-refractivity contribution in [3.8, 4) is 0 Å². The second-order valence-corrected chi connectivity index (χ2v) is 4.11. The summed E-state index contributed by atoms with van der Waals surface area (Å²) in [6, 6.07) is 5.69. The monoisotopic (exact) mass is 252 g/mol. The topological polar surface area (TPSA) is 48.0 Å². The smallest absolute Gasteiger partial charge is 0.204 e. The van der Waals surface area contributed by atoms with Crippen LogP contribution in [0.5, 0.6) is 0 Å². The molecule has 88 valence electrons. The predicted octanol–water partition coefficient (Wildman–Crippen LogP) is 2.27. The van der Waals surface area contributed by atoms with Crippen molar-refractivity contribution >= 4 is 17.3 Å². The molecule has 0 radical (unpaired) electrons. The summed E-state index contributed by atoms with van der Waals surface area (Å²) in [5.41, 5.74) is 5.83. The van der Waals surface area contributed by atoms with E-state index in [-0.39, 0.29) is 23.5 Å². The second-order valence-electron chi connectivity index (χ2n) is 3.67. The summed E-state index contributed by atoms with van der Waals surface area (Å²) in [6.07, 6.45) is 3.03. The molecule has 0 aliphatic rings. The third kappa shape index (κ3) is 2.65. The van der Waals surface area contributed by atoms with Gasteiger partial charge in [0.1, 0.15) is 5.82 Å². The third-order valence-corrected chi connectivity index (χ3v) is 2.60. The number of nitrogen functional groups attached to an aromatic ring is 1. The van der Waals surface area contributed by atoms with Crippen LogP contribution in [-0.2, 0) is 6.54 Å². The van der Waals surface area contributed by atoms with Gasteiger partial charge in [-0.25, -0.2) is 4.39 Å². The van der Waals surface area contributed by atoms with Gasteiger partial charge in [-0.05, 0) is 18.2 Å². The Kier molecular flexibility index (Phi) is 3.15. The highest BCUT2D eigenvalue weighted by atomic mass is 35.5. The molecule has 0 aliphatic heterocycles. The van der Waals surface area contributed by atoms with E-state index in [1.54, 1.807) is 16.8 Å². The summed E-state index contributed by atoms with van der Waals surface area (Å²) in [7, 11) is 0. The molecule has 17 heavy (non-hydrogen) atoms. The van der Waals surface area contributed by atoms with Crippen molar-refractivity contribution in [3.05, 3.63) is 63.3 Å². The van der Waals surface area contributed by atoms with Gasteiger partial charge in [-0.2, -0.15) is 0 Å². The van der Waals surface area contributed by atoms with Gasteiger partial charge in [0, 0.05) is 29.0 Å². The van der Waals surface area contributed by atoms with E-state index in [9.17, 15) is 9.18 Å². The van der Waals surface area contributed by atoms with E-state index >= 15 is 0 Å². The maximum Gasteiger partial charge on any atom is 0.204 e. The van der Waals surface area contributed by atoms with Crippen LogP contribution in [0, 0.1) is 5.82 Å². The lowest BCUT2D eigenvalue weighted by Gasteiger charge is -2.08. The summed E-state index contributed by atoms with van der Waals surface area (Å²) < 4.78 is 15.1. The number of halogens is 2. The van der Waals surface area contributed by atoms with Crippen molar-refractivity contribution in [2.45, 2.75) is 6.54 Å². The summed E-state index contributed by atoms with van der Waals surface area (Å²) >= 11 is 5.79. The second kappa shape index (κ2) is 4.59. The van der Waals surface area contributed by atoms with E-state index in [2.05, 4.69) is 0 Å². The van der Waals surface area contributed by atoms with Crippen LogP contribution in [0.1, 0.15) is 5.56 Å². The maximum atomic E-state index is 13.5. The standard InChI is InChI=1S/C12H10ClFN2O/c13-9-1-2-10(14)8(5-9)6-16-4-3-12(17)11(15)7-16/h1-5,7H,6,15H2. The first-order valence-electron chi connectivity index (χ1n) is 4.96. The average Bonchev–Trinajstić information content (AvgIpc) is 2.29. The summed E-state index contributed by atoms with van der Waals surface area (Å²) in [5.74, 6) is -0.341. The normalized spacial score (nSPS) is 10.5. The first-order chi connectivity index (χ1) is 8.06. The minimum atomic E-state index is -0.341. The first kappa shape index (κ1) is 11.7. The molecular formula is C12H10ClFN2O. The Morgan fingerprint density at radius 1 is 1.35 bits per heavy atom. The highest BCUT2D eigenvalue weighted by Gasteiger charge is 2.04. The van der Waals surface area contributed by atoms with Gasteiger partial charge in [0.2, 0.25) is 5.43 Å². The zero-order chi connectivity index (χ0) is 12.4. The van der Waals surface area contributed by atoms with Gasteiger partial charge >= 0.3 is 0 Å². The quantitative estimate of drug-likeness (QED) is 0.891. The maximum absolute atomic E-state index is 13.5. The molecule has 0 unspecified atom stereocenters. The Morgan fingerprint density at radius 3 is 2.82 bits per heavy atom. The molecule has 2 aromatic rings. The van der Waals surface area contributed by atoms with Gasteiger partial charge in [-0.1, -0.05) is 11.6 Å². The van der Waals surface area contributed by atoms with Gasteiger partial charge < -0.3 is 10.3 Å². The van der Waals surface area contributed by atoms with Crippen LogP contribution in [0.4, 0.5) is 10.1 Å². The van der Waals surface area contributed by atoms with Crippen LogP contribution in [0.2, 0.25) is 5.02 Å². The largest absolute Gasteiger partial charge is 0.394 e. The molecular weight excluding hydrogens is 243 g/mol. The van der Waals surface area contributed by atoms with Crippen molar-refractivity contribution in [1.29, 1.82) is 0 Å². The molecule has 5 heteroatoms. The molecule has 0 saturated heterocycles. The number of hydrogen-bond donors (Lipinski definition) is 1. The zero-order valence-electron chi connectivity index (χ0n) is 8.86. The third-order valence-electron chi connectivity index (χ3n) is 2.37. The number of aromatic nitrogens is 1. The molecule has 1 aromatic carbocycles. The Morgan fingerprint density at radius 2 is 2.12 bits per heavy atom. The lowest BCUT2D eigenvalue weighted by Crippen LogP contribution is -2.11. The minimum Gasteiger partial charge on any atom is -0.394 e. The molecule has 0 aliphatic carbocycles. The van der Waals surface area contributed by atoms with Crippen LogP contribution in [-0.4, -0.2) is 4.57 Å². The number of hydrogen-bond acceptors (Lipinski definition) is 2. The molecule has 2 rings (SSSR count). The van der Waals surface area contributed by atoms with Gasteiger partial charge in [-0.3, -0.25) is 4.79 Å². The molecule has 2 N–H and O–H groups in total. The number of nitrogens with zero attached hydrogens (tertiary/aromatic N) is 1. The number of nitrogens with two attached hydrogens (primary N) is 1. The molecule has 1 heterocycles. The molecule has 1 aromatic heterocycles. The molecule has 0 bridgehead atoms. The zero-order valence-corrected chi connectivity index (χ0v) is 9.62. The molecule has 0 atom stereocenters. The molecule has 0 fully saturated rings. The number of pyridine rings is 1. The van der Waals surface area contributed by atoms with Crippen molar-refractivity contribution < 1.29 is 4.39 Å². The van der Waals surface area contributed by atoms with Crippen LogP contribution in [0.15, 0.2) is 41.5 Å². The number of anilines is 1. The lowest BCUT2D eigenvalue weighted by molar-refractivity contribution is 0.599. The summed E-state index contributed by atoms with van der Waals surface area (Å²) in [6.45, 7) is 0.275. The fourth-order valence-corrected chi connectivity index (χ4v) is 1.70. The van der Waals surface area contributed by atoms with E-state index in [1.165, 1.54) is 24.4 Å². The average molecular weight is 253 g/mol. The Labute approximate surface area is 102 Å². The minimum absolute atomic E-state index is 0.134. The number of rotatable bonds is 2. The fraction of sp³-hybridized carbons (Fsp3) is 0.0833. The van der Waals surface area contributed by atoms with Crippen molar-refractivity contribution in [1.82, 2.24) is 4.57 Å². The van der Waals surface area contributed by atoms with Gasteiger partial charge in [-0.15, -0.1) is 0 Å². The highest BCUT2D eigenvalue weighted by Crippen LogP contribution is 2.16. The lowest BCUT2D eigenvalue weighted by atomic mass is 10.2. The summed E-state index contributed by atoms with van der Waals surface area (Å²) in [5, 5.41) is 0.468. The SMILES string of the molecule is Nc1cn(Cc2cc(Cl)ccc2F)ccc1=O. The Balaban J connectivity index is 2.34. The van der Waals surface area contributed by atoms with E-state index in [0.29, 0.717) is 10.6 Å². The van der Waals surface area contributed by atoms with E-state index < -0.39 is 0 Å². The van der Waals surface area contributed by atoms with Gasteiger partial charge in [0.25, 0.3) is 0 Å². The summed E-state index contributed by atoms with van der Waals surface area (Å²) in [4.78, 5) is 11.1. The van der Waals surface area contributed by atoms with Crippen LogP contribution < -0.4 is 11.2 Å². The molecule has 3 nitrogen and oxygen atoms in total. The van der Waals surface area contributed by atoms with Gasteiger partial charge in [0.05, 0.1) is 12.2 Å². The van der Waals surface area contributed by atoms with Crippen LogP contribution in [0.25, 0.3) is 0 Å². The molecule has 0 saturated carbocycles. The van der Waals surface area contributed by atoms with Gasteiger partial charge in [0.15, 0.2) is 0 Å². The Bertz CT molecular complexity index is 610. The number of benzene rings is 1. The molecule has 0 amide bonds. The van der Waals surface area contributed by atoms with Crippen molar-refractivity contribution in [2.24, 2.45) is 0 Å².